The maximum absolute atomic E-state index is 10.9. The van der Waals surface area contributed by atoms with Crippen molar-refractivity contribution < 1.29 is 61.2 Å². The number of likely N-dealkylation sites (N-methyl/N-ethyl adjacent to an activating group) is 6. The van der Waals surface area contributed by atoms with Crippen LogP contribution in [0.1, 0.15) is 0 Å². The van der Waals surface area contributed by atoms with Gasteiger partial charge in [0.1, 0.15) is 0 Å². The summed E-state index contributed by atoms with van der Waals surface area (Å²) in [7, 11) is 13.2. The first-order chi connectivity index (χ1) is 16.5. The summed E-state index contributed by atoms with van der Waals surface area (Å²) in [5.74, 6) is -5.09. The van der Waals surface area contributed by atoms with Crippen LogP contribution in [0, 0.1) is 0 Å². The molecule has 0 spiro atoms. The Labute approximate surface area is 226 Å². The molecule has 0 bridgehead atoms. The second-order valence-corrected chi connectivity index (χ2v) is 7.02. The van der Waals surface area contributed by atoms with E-state index in [1.807, 2.05) is 0 Å². The van der Waals surface area contributed by atoms with Crippen molar-refractivity contribution in [3.63, 3.8) is 0 Å². The van der Waals surface area contributed by atoms with E-state index in [1.165, 1.54) is 78.1 Å². The molecule has 0 heterocycles. The van der Waals surface area contributed by atoms with Gasteiger partial charge in [-0.25, -0.2) is 0 Å². The molecule has 0 radical (unpaired) electrons. The second-order valence-electron chi connectivity index (χ2n) is 7.02. The number of hydrogen-bond acceptors (Lipinski definition) is 9. The summed E-state index contributed by atoms with van der Waals surface area (Å²) in [6.07, 6.45) is 2.58. The minimum absolute atomic E-state index is 0. The van der Waals surface area contributed by atoms with Crippen LogP contribution in [0.25, 0.3) is 0 Å². The fourth-order valence-electron chi connectivity index (χ4n) is 1.32. The maximum Gasteiger partial charge on any atom is 0.286 e. The van der Waals surface area contributed by atoms with Crippen LogP contribution in [0.4, 0.5) is 0 Å². The molecule has 0 aliphatic carbocycles. The Morgan fingerprint density at radius 1 is 0.486 bits per heavy atom. The molecule has 6 N–H and O–H groups in total. The molecule has 0 rings (SSSR count). The molecule has 0 atom stereocenters. The molecular formula is C21H36FeN6O9. The Bertz CT molecular complexity index is 783. The summed E-state index contributed by atoms with van der Waals surface area (Å²) in [5, 5.41) is 33.4. The Kier molecular flexibility index (Phi) is 23.1. The zero-order valence-electron chi connectivity index (χ0n) is 22.2. The standard InChI is InChI=1S/3C7H12N2O3.Fe/c3*1-8-7(12)5(10)4-6(11)9(2)3;/h3*4,10H,1-3H3,(H,8,12);. The molecule has 0 unspecified atom stereocenters. The SMILES string of the molecule is CNC(=O)C(O)=CC(=O)N(C)C.CNC(=O)C(O)=CC(=O)N(C)C.CNC(=O)C(O)=CC(=O)N(C)C.[Fe]. The van der Waals surface area contributed by atoms with Gasteiger partial charge in [-0.05, 0) is 0 Å². The number of aliphatic hydroxyl groups is 3. The fourth-order valence-corrected chi connectivity index (χ4v) is 1.32. The van der Waals surface area contributed by atoms with E-state index >= 15 is 0 Å². The van der Waals surface area contributed by atoms with Gasteiger partial charge in [-0.3, -0.25) is 28.8 Å². The van der Waals surface area contributed by atoms with Crippen LogP contribution in [0.3, 0.4) is 0 Å². The first kappa shape index (κ1) is 40.1. The van der Waals surface area contributed by atoms with Crippen molar-refractivity contribution in [2.24, 2.45) is 0 Å². The Balaban J connectivity index is -0.000000218. The zero-order valence-corrected chi connectivity index (χ0v) is 23.3. The third-order valence-electron chi connectivity index (χ3n) is 3.48. The molecule has 0 aliphatic rings. The van der Waals surface area contributed by atoms with Gasteiger partial charge in [0, 0.05) is 80.5 Å². The van der Waals surface area contributed by atoms with Gasteiger partial charge in [-0.15, -0.1) is 0 Å². The minimum Gasteiger partial charge on any atom is -0.503 e. The van der Waals surface area contributed by atoms with Crippen LogP contribution in [0.15, 0.2) is 35.5 Å². The summed E-state index contributed by atoms with van der Waals surface area (Å²) in [4.78, 5) is 68.4. The number of hydrogen-bond donors (Lipinski definition) is 6. The molecule has 0 aromatic rings. The van der Waals surface area contributed by atoms with Gasteiger partial charge in [0.25, 0.3) is 17.7 Å². The number of carbonyl (C=O) groups excluding carboxylic acids is 6. The van der Waals surface area contributed by atoms with E-state index in [0.29, 0.717) is 0 Å². The minimum atomic E-state index is -0.676. The van der Waals surface area contributed by atoms with Crippen molar-refractivity contribution in [1.82, 2.24) is 30.7 Å². The summed E-state index contributed by atoms with van der Waals surface area (Å²) < 4.78 is 0. The summed E-state index contributed by atoms with van der Waals surface area (Å²) in [6.45, 7) is 0. The van der Waals surface area contributed by atoms with E-state index in [4.69, 9.17) is 15.3 Å². The van der Waals surface area contributed by atoms with Gasteiger partial charge < -0.3 is 46.0 Å². The predicted octanol–water partition coefficient (Wildman–Crippen LogP) is -2.21. The number of aliphatic hydroxyl groups excluding tert-OH is 3. The summed E-state index contributed by atoms with van der Waals surface area (Å²) in [6, 6.07) is 0. The van der Waals surface area contributed by atoms with Gasteiger partial charge in [0.2, 0.25) is 17.7 Å². The van der Waals surface area contributed by atoms with Crippen molar-refractivity contribution in [3.8, 4) is 0 Å². The number of carbonyl (C=O) groups is 6. The van der Waals surface area contributed by atoms with Crippen LogP contribution in [0.5, 0.6) is 0 Å². The van der Waals surface area contributed by atoms with E-state index < -0.39 is 52.7 Å². The van der Waals surface area contributed by atoms with Gasteiger partial charge in [-0.1, -0.05) is 0 Å². The van der Waals surface area contributed by atoms with E-state index in [2.05, 4.69) is 16.0 Å². The number of amides is 6. The quantitative estimate of drug-likeness (QED) is 0.116. The molecule has 0 saturated heterocycles. The van der Waals surface area contributed by atoms with Crippen LogP contribution in [0.2, 0.25) is 0 Å². The summed E-state index contributed by atoms with van der Waals surface area (Å²) >= 11 is 0. The molecule has 212 valence electrons. The molecule has 0 aliphatic heterocycles. The molecule has 6 amide bonds. The van der Waals surface area contributed by atoms with Gasteiger partial charge in [0.05, 0.1) is 18.2 Å². The van der Waals surface area contributed by atoms with Crippen LogP contribution >= 0.6 is 0 Å². The zero-order chi connectivity index (χ0) is 29.2. The Morgan fingerprint density at radius 2 is 0.649 bits per heavy atom. The predicted molar refractivity (Wildman–Crippen MR) is 130 cm³/mol. The van der Waals surface area contributed by atoms with E-state index in [-0.39, 0.29) is 17.1 Å². The molecule has 0 aromatic heterocycles. The maximum atomic E-state index is 10.9. The molecule has 0 fully saturated rings. The monoisotopic (exact) mass is 572 g/mol. The number of nitrogens with zero attached hydrogens (tertiary/aromatic N) is 3. The molecule has 0 aromatic carbocycles. The molecular weight excluding hydrogens is 536 g/mol. The van der Waals surface area contributed by atoms with Crippen molar-refractivity contribution >= 4 is 35.4 Å². The number of nitrogens with one attached hydrogen (secondary N) is 3. The van der Waals surface area contributed by atoms with Gasteiger partial charge >= 0.3 is 0 Å². The average Bonchev–Trinajstić information content (AvgIpc) is 2.82. The van der Waals surface area contributed by atoms with Crippen LogP contribution < -0.4 is 16.0 Å². The molecule has 37 heavy (non-hydrogen) atoms. The van der Waals surface area contributed by atoms with Crippen molar-refractivity contribution in [3.05, 3.63) is 35.5 Å². The third kappa shape index (κ3) is 19.9. The van der Waals surface area contributed by atoms with Crippen LogP contribution in [-0.2, 0) is 45.8 Å². The topological polar surface area (TPSA) is 209 Å². The smallest absolute Gasteiger partial charge is 0.286 e. The Hall–Kier alpha value is -4.04. The fraction of sp³-hybridized carbons (Fsp3) is 0.429. The van der Waals surface area contributed by atoms with Gasteiger partial charge in [0.15, 0.2) is 17.3 Å². The average molecular weight is 572 g/mol. The second kappa shape index (κ2) is 21.3. The van der Waals surface area contributed by atoms with E-state index in [9.17, 15) is 28.8 Å². The van der Waals surface area contributed by atoms with Crippen LogP contribution in [-0.4, -0.2) is 129 Å². The first-order valence-electron chi connectivity index (χ1n) is 9.98. The van der Waals surface area contributed by atoms with E-state index in [0.717, 1.165) is 18.2 Å². The van der Waals surface area contributed by atoms with Crippen molar-refractivity contribution in [1.29, 1.82) is 0 Å². The number of rotatable bonds is 6. The largest absolute Gasteiger partial charge is 0.503 e. The summed E-state index contributed by atoms with van der Waals surface area (Å²) in [5.41, 5.74) is 0. The Morgan fingerprint density at radius 3 is 0.757 bits per heavy atom. The first-order valence-corrected chi connectivity index (χ1v) is 9.98. The normalized spacial score (nSPS) is 10.5. The molecule has 0 saturated carbocycles. The molecule has 15 nitrogen and oxygen atoms in total. The van der Waals surface area contributed by atoms with Crippen molar-refractivity contribution in [2.75, 3.05) is 63.4 Å². The van der Waals surface area contributed by atoms with E-state index in [1.54, 1.807) is 0 Å². The van der Waals surface area contributed by atoms with Crippen molar-refractivity contribution in [2.45, 2.75) is 0 Å². The van der Waals surface area contributed by atoms with Gasteiger partial charge in [-0.2, -0.15) is 0 Å². The molecule has 16 heteroatoms. The third-order valence-corrected chi connectivity index (χ3v) is 3.48.